The molecule has 0 spiro atoms. The van der Waals surface area contributed by atoms with Crippen molar-refractivity contribution >= 4 is 27.7 Å². The van der Waals surface area contributed by atoms with E-state index in [4.69, 9.17) is 0 Å². The fraction of sp³-hybridized carbons (Fsp3) is 0.0714. The van der Waals surface area contributed by atoms with Crippen LogP contribution in [0.1, 0.15) is 26.3 Å². The van der Waals surface area contributed by atoms with Crippen molar-refractivity contribution < 1.29 is 9.59 Å². The number of carbonyl (C=O) groups is 2. The smallest absolute Gasteiger partial charge is 0.261 e. The van der Waals surface area contributed by atoms with Crippen LogP contribution in [0.3, 0.4) is 0 Å². The van der Waals surface area contributed by atoms with E-state index in [1.54, 1.807) is 42.7 Å². The van der Waals surface area contributed by atoms with Gasteiger partial charge in [-0.1, -0.05) is 12.1 Å². The van der Waals surface area contributed by atoms with E-state index >= 15 is 0 Å². The first kappa shape index (κ1) is 12.0. The molecule has 1 aliphatic heterocycles. The van der Waals surface area contributed by atoms with E-state index in [0.717, 1.165) is 10.0 Å². The minimum atomic E-state index is -0.246. The van der Waals surface area contributed by atoms with E-state index in [1.165, 1.54) is 4.90 Å². The van der Waals surface area contributed by atoms with Crippen LogP contribution < -0.4 is 0 Å². The molecule has 0 saturated heterocycles. The van der Waals surface area contributed by atoms with Gasteiger partial charge in [0, 0.05) is 16.9 Å². The Labute approximate surface area is 118 Å². The summed E-state index contributed by atoms with van der Waals surface area (Å²) in [5.74, 6) is -0.492. The van der Waals surface area contributed by atoms with E-state index in [9.17, 15) is 9.59 Å². The van der Waals surface area contributed by atoms with Crippen molar-refractivity contribution in [3.63, 3.8) is 0 Å². The van der Waals surface area contributed by atoms with Crippen LogP contribution in [0.4, 0.5) is 0 Å². The third-order valence-corrected chi connectivity index (χ3v) is 3.78. The highest BCUT2D eigenvalue weighted by molar-refractivity contribution is 9.10. The Bertz CT molecular complexity index is 650. The van der Waals surface area contributed by atoms with E-state index in [-0.39, 0.29) is 18.4 Å². The molecular formula is C14H9BrN2O2. The summed E-state index contributed by atoms with van der Waals surface area (Å²) < 4.78 is 0.784. The highest BCUT2D eigenvalue weighted by atomic mass is 79.9. The van der Waals surface area contributed by atoms with Crippen molar-refractivity contribution in [3.05, 3.63) is 63.9 Å². The van der Waals surface area contributed by atoms with Crippen molar-refractivity contribution in [2.45, 2.75) is 6.54 Å². The van der Waals surface area contributed by atoms with Gasteiger partial charge in [0.2, 0.25) is 0 Å². The predicted molar refractivity (Wildman–Crippen MR) is 72.6 cm³/mol. The SMILES string of the molecule is O=C1c2ccccc2C(=O)N1Cc1ccncc1Br. The van der Waals surface area contributed by atoms with Gasteiger partial charge < -0.3 is 0 Å². The summed E-state index contributed by atoms with van der Waals surface area (Å²) in [5.41, 5.74) is 1.79. The van der Waals surface area contributed by atoms with Gasteiger partial charge in [-0.05, 0) is 39.7 Å². The fourth-order valence-electron chi connectivity index (χ4n) is 2.09. The first-order chi connectivity index (χ1) is 9.18. The number of fused-ring (bicyclic) bond motifs is 1. The number of pyridine rings is 1. The van der Waals surface area contributed by atoms with Crippen molar-refractivity contribution in [2.75, 3.05) is 0 Å². The van der Waals surface area contributed by atoms with Gasteiger partial charge in [0.1, 0.15) is 0 Å². The number of imide groups is 1. The Morgan fingerprint density at radius 1 is 1.05 bits per heavy atom. The maximum atomic E-state index is 12.2. The summed E-state index contributed by atoms with van der Waals surface area (Å²) in [6, 6.07) is 8.66. The molecule has 94 valence electrons. The zero-order valence-electron chi connectivity index (χ0n) is 9.84. The van der Waals surface area contributed by atoms with Crippen molar-refractivity contribution in [2.24, 2.45) is 0 Å². The van der Waals surface area contributed by atoms with Crippen LogP contribution in [-0.2, 0) is 6.54 Å². The average molecular weight is 317 g/mol. The Kier molecular flexibility index (Phi) is 2.91. The molecule has 0 bridgehead atoms. The zero-order chi connectivity index (χ0) is 13.4. The van der Waals surface area contributed by atoms with Gasteiger partial charge >= 0.3 is 0 Å². The molecule has 3 rings (SSSR count). The van der Waals surface area contributed by atoms with E-state index in [0.29, 0.717) is 11.1 Å². The number of amides is 2. The first-order valence-electron chi connectivity index (χ1n) is 5.72. The highest BCUT2D eigenvalue weighted by Gasteiger charge is 2.35. The van der Waals surface area contributed by atoms with Crippen LogP contribution in [-0.4, -0.2) is 21.7 Å². The number of aromatic nitrogens is 1. The minimum absolute atomic E-state index is 0.245. The molecule has 0 fully saturated rings. The van der Waals surface area contributed by atoms with E-state index in [2.05, 4.69) is 20.9 Å². The number of hydrogen-bond acceptors (Lipinski definition) is 3. The van der Waals surface area contributed by atoms with Crippen LogP contribution in [0.15, 0.2) is 47.2 Å². The number of rotatable bonds is 2. The lowest BCUT2D eigenvalue weighted by molar-refractivity contribution is 0.0642. The van der Waals surface area contributed by atoms with Gasteiger partial charge in [0.05, 0.1) is 17.7 Å². The number of carbonyl (C=O) groups excluding carboxylic acids is 2. The van der Waals surface area contributed by atoms with Gasteiger partial charge in [-0.25, -0.2) is 0 Å². The molecule has 0 unspecified atom stereocenters. The standard InChI is InChI=1S/C14H9BrN2O2/c15-12-7-16-6-5-9(12)8-17-13(18)10-3-1-2-4-11(10)14(17)19/h1-7H,8H2. The number of benzene rings is 1. The lowest BCUT2D eigenvalue weighted by Gasteiger charge is -2.14. The van der Waals surface area contributed by atoms with Crippen molar-refractivity contribution in [3.8, 4) is 0 Å². The van der Waals surface area contributed by atoms with Crippen LogP contribution in [0.5, 0.6) is 0 Å². The van der Waals surface area contributed by atoms with Gasteiger partial charge in [-0.15, -0.1) is 0 Å². The molecular weight excluding hydrogens is 308 g/mol. The monoisotopic (exact) mass is 316 g/mol. The van der Waals surface area contributed by atoms with E-state index in [1.807, 2.05) is 0 Å². The maximum absolute atomic E-state index is 12.2. The normalized spacial score (nSPS) is 13.8. The predicted octanol–water partition coefficient (Wildman–Crippen LogP) is 2.64. The number of hydrogen-bond donors (Lipinski definition) is 0. The second-order valence-electron chi connectivity index (χ2n) is 4.21. The molecule has 1 aromatic carbocycles. The maximum Gasteiger partial charge on any atom is 0.261 e. The quantitative estimate of drug-likeness (QED) is 0.800. The second-order valence-corrected chi connectivity index (χ2v) is 5.06. The molecule has 0 N–H and O–H groups in total. The molecule has 5 heteroatoms. The Balaban J connectivity index is 1.95. The second kappa shape index (κ2) is 4.59. The van der Waals surface area contributed by atoms with Gasteiger partial charge in [-0.3, -0.25) is 19.5 Å². The molecule has 19 heavy (non-hydrogen) atoms. The fourth-order valence-corrected chi connectivity index (χ4v) is 2.46. The lowest BCUT2D eigenvalue weighted by atomic mass is 10.1. The molecule has 0 aliphatic carbocycles. The molecule has 0 atom stereocenters. The summed E-state index contributed by atoms with van der Waals surface area (Å²) in [6.07, 6.45) is 3.28. The van der Waals surface area contributed by atoms with Crippen molar-refractivity contribution in [1.29, 1.82) is 0 Å². The summed E-state index contributed by atoms with van der Waals surface area (Å²) in [5, 5.41) is 0. The third-order valence-electron chi connectivity index (χ3n) is 3.06. The lowest BCUT2D eigenvalue weighted by Crippen LogP contribution is -2.29. The largest absolute Gasteiger partial charge is 0.270 e. The Morgan fingerprint density at radius 3 is 2.26 bits per heavy atom. The van der Waals surface area contributed by atoms with Crippen molar-refractivity contribution in [1.82, 2.24) is 9.88 Å². The number of halogens is 1. The molecule has 0 radical (unpaired) electrons. The average Bonchev–Trinajstić information content (AvgIpc) is 2.67. The highest BCUT2D eigenvalue weighted by Crippen LogP contribution is 2.25. The molecule has 0 saturated carbocycles. The molecule has 1 aromatic heterocycles. The Hall–Kier alpha value is -2.01. The molecule has 2 aromatic rings. The summed E-state index contributed by atoms with van der Waals surface area (Å²) >= 11 is 3.37. The van der Waals surface area contributed by atoms with Crippen LogP contribution in [0, 0.1) is 0 Å². The topological polar surface area (TPSA) is 50.3 Å². The van der Waals surface area contributed by atoms with Crippen LogP contribution in [0.25, 0.3) is 0 Å². The van der Waals surface area contributed by atoms with Gasteiger partial charge in [-0.2, -0.15) is 0 Å². The summed E-state index contributed by atoms with van der Waals surface area (Å²) in [6.45, 7) is 0.245. The van der Waals surface area contributed by atoms with E-state index < -0.39 is 0 Å². The summed E-state index contributed by atoms with van der Waals surface area (Å²) in [7, 11) is 0. The number of nitrogens with zero attached hydrogens (tertiary/aromatic N) is 2. The van der Waals surface area contributed by atoms with Crippen LogP contribution >= 0.6 is 15.9 Å². The van der Waals surface area contributed by atoms with Gasteiger partial charge in [0.15, 0.2) is 0 Å². The molecule has 4 nitrogen and oxygen atoms in total. The first-order valence-corrected chi connectivity index (χ1v) is 6.51. The molecule has 2 amide bonds. The summed E-state index contributed by atoms with van der Waals surface area (Å²) in [4.78, 5) is 29.6. The minimum Gasteiger partial charge on any atom is -0.270 e. The van der Waals surface area contributed by atoms with Crippen LogP contribution in [0.2, 0.25) is 0 Å². The molecule has 1 aliphatic rings. The van der Waals surface area contributed by atoms with Gasteiger partial charge in [0.25, 0.3) is 11.8 Å². The Morgan fingerprint density at radius 2 is 1.68 bits per heavy atom. The molecule has 2 heterocycles. The third kappa shape index (κ3) is 1.96. The zero-order valence-corrected chi connectivity index (χ0v) is 11.4.